The molecule has 4 aromatic rings. The van der Waals surface area contributed by atoms with Crippen LogP contribution in [0.1, 0.15) is 32.7 Å². The van der Waals surface area contributed by atoms with E-state index in [1.165, 1.54) is 6.20 Å². The number of carbonyl (C=O) groups is 2. The van der Waals surface area contributed by atoms with Crippen LogP contribution >= 0.6 is 0 Å². The van der Waals surface area contributed by atoms with Crippen molar-refractivity contribution in [2.75, 3.05) is 11.9 Å². The van der Waals surface area contributed by atoms with Gasteiger partial charge < -0.3 is 14.6 Å². The monoisotopic (exact) mass is 454 g/mol. The Hall–Kier alpha value is -4.71. The smallest absolute Gasteiger partial charge is 0.340 e. The lowest BCUT2D eigenvalue weighted by molar-refractivity contribution is -0.119. The van der Waals surface area contributed by atoms with E-state index in [1.54, 1.807) is 35.3 Å². The van der Waals surface area contributed by atoms with E-state index < -0.39 is 18.5 Å². The molecular formula is C25H22N6O3. The van der Waals surface area contributed by atoms with Gasteiger partial charge in [-0.15, -0.1) is 0 Å². The molecule has 1 amide bonds. The fourth-order valence-electron chi connectivity index (χ4n) is 3.52. The zero-order valence-electron chi connectivity index (χ0n) is 18.7. The van der Waals surface area contributed by atoms with Gasteiger partial charge in [-0.05, 0) is 43.2 Å². The average molecular weight is 454 g/mol. The van der Waals surface area contributed by atoms with Gasteiger partial charge in [0.25, 0.3) is 5.91 Å². The van der Waals surface area contributed by atoms with Gasteiger partial charge in [-0.25, -0.2) is 14.5 Å². The molecule has 9 heteroatoms. The summed E-state index contributed by atoms with van der Waals surface area (Å²) in [6.07, 6.45) is 4.72. The first kappa shape index (κ1) is 22.5. The van der Waals surface area contributed by atoms with Crippen LogP contribution in [0.4, 0.5) is 5.82 Å². The van der Waals surface area contributed by atoms with E-state index in [1.807, 2.05) is 48.7 Å². The van der Waals surface area contributed by atoms with E-state index in [-0.39, 0.29) is 5.56 Å². The highest BCUT2D eigenvalue weighted by molar-refractivity contribution is 5.96. The van der Waals surface area contributed by atoms with Crippen LogP contribution in [0.2, 0.25) is 0 Å². The molecule has 0 saturated heterocycles. The molecule has 0 aliphatic rings. The summed E-state index contributed by atoms with van der Waals surface area (Å²) >= 11 is 0. The van der Waals surface area contributed by atoms with Crippen LogP contribution in [0.15, 0.2) is 67.1 Å². The van der Waals surface area contributed by atoms with Crippen molar-refractivity contribution in [3.8, 4) is 11.9 Å². The van der Waals surface area contributed by atoms with Gasteiger partial charge in [-0.1, -0.05) is 30.3 Å². The molecule has 3 heterocycles. The number of benzene rings is 1. The number of esters is 1. The van der Waals surface area contributed by atoms with Crippen molar-refractivity contribution in [3.63, 3.8) is 0 Å². The number of nitrogens with zero attached hydrogens (tertiary/aromatic N) is 5. The molecule has 0 aliphatic heterocycles. The molecule has 0 radical (unpaired) electrons. The van der Waals surface area contributed by atoms with E-state index >= 15 is 0 Å². The van der Waals surface area contributed by atoms with E-state index in [0.717, 1.165) is 16.8 Å². The number of nitrogens with one attached hydrogen (secondary N) is 1. The Kier molecular flexibility index (Phi) is 6.50. The zero-order valence-corrected chi connectivity index (χ0v) is 18.7. The standard InChI is InChI=1S/C25H22N6O3/c1-17-18(2)30(15-19-7-4-3-5-8-19)24(21(17)13-26)29-23(32)16-34-25(33)20-9-10-22(27-14-20)31-12-6-11-28-31/h3-12,14H,15-16H2,1-2H3,(H,29,32). The highest BCUT2D eigenvalue weighted by atomic mass is 16.5. The number of hydrogen-bond acceptors (Lipinski definition) is 6. The number of rotatable bonds is 7. The Morgan fingerprint density at radius 1 is 1.12 bits per heavy atom. The number of pyridine rings is 1. The summed E-state index contributed by atoms with van der Waals surface area (Å²) in [6, 6.07) is 16.8. The number of amides is 1. The molecule has 0 aliphatic carbocycles. The summed E-state index contributed by atoms with van der Waals surface area (Å²) in [5.74, 6) is -0.291. The van der Waals surface area contributed by atoms with Gasteiger partial charge in [0.2, 0.25) is 0 Å². The average Bonchev–Trinajstić information content (AvgIpc) is 3.47. The van der Waals surface area contributed by atoms with Gasteiger partial charge in [-0.3, -0.25) is 4.79 Å². The second-order valence-electron chi connectivity index (χ2n) is 7.60. The summed E-state index contributed by atoms with van der Waals surface area (Å²) in [5, 5.41) is 16.5. The first-order valence-corrected chi connectivity index (χ1v) is 10.5. The van der Waals surface area contributed by atoms with Gasteiger partial charge in [0.05, 0.1) is 11.1 Å². The number of ether oxygens (including phenoxy) is 1. The maximum absolute atomic E-state index is 12.6. The van der Waals surface area contributed by atoms with Crippen LogP contribution < -0.4 is 5.32 Å². The van der Waals surface area contributed by atoms with Gasteiger partial charge >= 0.3 is 5.97 Å². The summed E-state index contributed by atoms with van der Waals surface area (Å²) < 4.78 is 8.59. The topological polar surface area (TPSA) is 115 Å². The van der Waals surface area contributed by atoms with E-state index in [2.05, 4.69) is 21.5 Å². The molecule has 0 unspecified atom stereocenters. The first-order valence-electron chi connectivity index (χ1n) is 10.5. The Morgan fingerprint density at radius 2 is 1.91 bits per heavy atom. The van der Waals surface area contributed by atoms with E-state index in [4.69, 9.17) is 4.74 Å². The van der Waals surface area contributed by atoms with Crippen LogP contribution in [0.25, 0.3) is 5.82 Å². The fourth-order valence-corrected chi connectivity index (χ4v) is 3.52. The molecule has 34 heavy (non-hydrogen) atoms. The van der Waals surface area contributed by atoms with Crippen molar-refractivity contribution in [2.45, 2.75) is 20.4 Å². The molecule has 3 aromatic heterocycles. The fraction of sp³-hybridized carbons (Fsp3) is 0.160. The molecule has 0 bridgehead atoms. The number of hydrogen-bond donors (Lipinski definition) is 1. The summed E-state index contributed by atoms with van der Waals surface area (Å²) in [5.41, 5.74) is 3.27. The van der Waals surface area contributed by atoms with Crippen molar-refractivity contribution in [1.82, 2.24) is 19.3 Å². The maximum Gasteiger partial charge on any atom is 0.340 e. The van der Waals surface area contributed by atoms with Gasteiger partial charge in [0.15, 0.2) is 12.4 Å². The maximum atomic E-state index is 12.6. The van der Waals surface area contributed by atoms with Crippen LogP contribution in [0, 0.1) is 25.2 Å². The molecule has 9 nitrogen and oxygen atoms in total. The number of nitriles is 1. The molecule has 0 atom stereocenters. The molecule has 0 fully saturated rings. The van der Waals surface area contributed by atoms with E-state index in [0.29, 0.717) is 23.7 Å². The lowest BCUT2D eigenvalue weighted by atomic mass is 10.2. The van der Waals surface area contributed by atoms with Gasteiger partial charge in [-0.2, -0.15) is 10.4 Å². The molecule has 0 spiro atoms. The highest BCUT2D eigenvalue weighted by Gasteiger charge is 2.20. The summed E-state index contributed by atoms with van der Waals surface area (Å²) in [6.45, 7) is 3.72. The third-order valence-electron chi connectivity index (χ3n) is 5.44. The quantitative estimate of drug-likeness (QED) is 0.428. The van der Waals surface area contributed by atoms with Crippen LogP contribution in [-0.2, 0) is 16.1 Å². The SMILES string of the molecule is Cc1c(C#N)c(NC(=O)COC(=O)c2ccc(-n3cccn3)nc2)n(Cc2ccccc2)c1C. The lowest BCUT2D eigenvalue weighted by Crippen LogP contribution is -2.23. The molecule has 1 N–H and O–H groups in total. The summed E-state index contributed by atoms with van der Waals surface area (Å²) in [4.78, 5) is 29.2. The third-order valence-corrected chi connectivity index (χ3v) is 5.44. The third kappa shape index (κ3) is 4.71. The normalized spacial score (nSPS) is 10.5. The molecular weight excluding hydrogens is 432 g/mol. The van der Waals surface area contributed by atoms with Crippen molar-refractivity contribution in [2.24, 2.45) is 0 Å². The summed E-state index contributed by atoms with van der Waals surface area (Å²) in [7, 11) is 0. The van der Waals surface area contributed by atoms with Crippen LogP contribution in [0.5, 0.6) is 0 Å². The van der Waals surface area contributed by atoms with E-state index in [9.17, 15) is 14.9 Å². The Morgan fingerprint density at radius 3 is 2.56 bits per heavy atom. The molecule has 170 valence electrons. The number of anilines is 1. The predicted molar refractivity (Wildman–Crippen MR) is 124 cm³/mol. The Balaban J connectivity index is 1.44. The van der Waals surface area contributed by atoms with Gasteiger partial charge in [0, 0.05) is 30.8 Å². The largest absolute Gasteiger partial charge is 0.452 e. The number of carbonyl (C=O) groups excluding carboxylic acids is 2. The molecule has 1 aromatic carbocycles. The Labute approximate surface area is 196 Å². The highest BCUT2D eigenvalue weighted by Crippen LogP contribution is 2.27. The van der Waals surface area contributed by atoms with Crippen molar-refractivity contribution in [1.29, 1.82) is 5.26 Å². The molecule has 0 saturated carbocycles. The van der Waals surface area contributed by atoms with Gasteiger partial charge in [0.1, 0.15) is 11.9 Å². The van der Waals surface area contributed by atoms with Crippen molar-refractivity contribution in [3.05, 3.63) is 95.1 Å². The predicted octanol–water partition coefficient (Wildman–Crippen LogP) is 3.40. The lowest BCUT2D eigenvalue weighted by Gasteiger charge is -2.13. The first-order chi connectivity index (χ1) is 16.5. The van der Waals surface area contributed by atoms with Crippen LogP contribution in [0.3, 0.4) is 0 Å². The van der Waals surface area contributed by atoms with Crippen molar-refractivity contribution < 1.29 is 14.3 Å². The molecule has 4 rings (SSSR count). The van der Waals surface area contributed by atoms with Crippen molar-refractivity contribution >= 4 is 17.7 Å². The zero-order chi connectivity index (χ0) is 24.1. The Bertz CT molecular complexity index is 1350. The number of aromatic nitrogens is 4. The van der Waals surface area contributed by atoms with Crippen LogP contribution in [-0.4, -0.2) is 37.8 Å². The minimum Gasteiger partial charge on any atom is -0.452 e. The second-order valence-corrected chi connectivity index (χ2v) is 7.60. The second kappa shape index (κ2) is 9.83. The minimum atomic E-state index is -0.679. The minimum absolute atomic E-state index is 0.209.